The summed E-state index contributed by atoms with van der Waals surface area (Å²) in [6.45, 7) is 1.30. The van der Waals surface area contributed by atoms with E-state index in [-0.39, 0.29) is 17.3 Å². The zero-order valence-corrected chi connectivity index (χ0v) is 21.6. The Balaban J connectivity index is 1.51. The lowest BCUT2D eigenvalue weighted by Gasteiger charge is -2.35. The maximum Gasteiger partial charge on any atom is 0.272 e. The van der Waals surface area contributed by atoms with Gasteiger partial charge in [0, 0.05) is 18.9 Å². The number of nitrogens with one attached hydrogen (secondary N) is 2. The van der Waals surface area contributed by atoms with E-state index < -0.39 is 46.0 Å². The third-order valence-corrected chi connectivity index (χ3v) is 7.58. The molecule has 1 aromatic carbocycles. The topological polar surface area (TPSA) is 132 Å². The van der Waals surface area contributed by atoms with Gasteiger partial charge in [0.2, 0.25) is 5.91 Å². The van der Waals surface area contributed by atoms with Gasteiger partial charge in [0.15, 0.2) is 21.5 Å². The summed E-state index contributed by atoms with van der Waals surface area (Å²) >= 11 is 0. The third-order valence-electron chi connectivity index (χ3n) is 6.80. The Hall–Kier alpha value is -3.61. The van der Waals surface area contributed by atoms with E-state index in [0.29, 0.717) is 42.9 Å². The quantitative estimate of drug-likeness (QED) is 0.548. The SMILES string of the molecule is CC1C=NC(n2nc3c(c2NC(=O)CS(C)(=O)=O)C(=O)N[C@@]2(CCc4cc(OCC(F)F)ccc42)C3)=CC1. The Morgan fingerprint density at radius 3 is 2.84 bits per heavy atom. The van der Waals surface area contributed by atoms with Gasteiger partial charge in [-0.15, -0.1) is 0 Å². The average molecular weight is 548 g/mol. The predicted molar refractivity (Wildman–Crippen MR) is 136 cm³/mol. The van der Waals surface area contributed by atoms with E-state index in [9.17, 15) is 26.8 Å². The number of amides is 2. The number of hydrogen-bond donors (Lipinski definition) is 2. The van der Waals surface area contributed by atoms with E-state index in [1.807, 2.05) is 13.0 Å². The van der Waals surface area contributed by atoms with Crippen LogP contribution in [0.3, 0.4) is 0 Å². The van der Waals surface area contributed by atoms with Crippen molar-refractivity contribution in [3.05, 3.63) is 46.7 Å². The zero-order chi connectivity index (χ0) is 27.2. The highest BCUT2D eigenvalue weighted by atomic mass is 32.2. The van der Waals surface area contributed by atoms with Crippen molar-refractivity contribution >= 4 is 39.5 Å². The highest BCUT2D eigenvalue weighted by Gasteiger charge is 2.47. The third kappa shape index (κ3) is 5.06. The number of halogens is 2. The molecule has 0 bridgehead atoms. The van der Waals surface area contributed by atoms with Gasteiger partial charge in [-0.2, -0.15) is 9.78 Å². The number of carbonyl (C=O) groups is 2. The van der Waals surface area contributed by atoms with Crippen LogP contribution >= 0.6 is 0 Å². The van der Waals surface area contributed by atoms with Crippen LogP contribution in [0.4, 0.5) is 14.6 Å². The second kappa shape index (κ2) is 9.61. The highest BCUT2D eigenvalue weighted by molar-refractivity contribution is 7.91. The van der Waals surface area contributed by atoms with Gasteiger partial charge >= 0.3 is 0 Å². The molecule has 0 saturated heterocycles. The molecular formula is C25H27F2N5O5S. The molecule has 0 fully saturated rings. The van der Waals surface area contributed by atoms with Crippen molar-refractivity contribution < 1.29 is 31.5 Å². The van der Waals surface area contributed by atoms with Gasteiger partial charge in [0.1, 0.15) is 23.7 Å². The summed E-state index contributed by atoms with van der Waals surface area (Å²) in [5, 5.41) is 10.3. The summed E-state index contributed by atoms with van der Waals surface area (Å²) in [5.41, 5.74) is 1.55. The summed E-state index contributed by atoms with van der Waals surface area (Å²) in [6, 6.07) is 5.09. The minimum atomic E-state index is -3.61. The van der Waals surface area contributed by atoms with Crippen molar-refractivity contribution in [2.75, 3.05) is 23.9 Å². The molecule has 0 radical (unpaired) electrons. The van der Waals surface area contributed by atoms with Crippen LogP contribution < -0.4 is 15.4 Å². The average Bonchev–Trinajstić information content (AvgIpc) is 3.35. The first-order valence-corrected chi connectivity index (χ1v) is 14.2. The Bertz CT molecular complexity index is 1480. The number of anilines is 1. The minimum absolute atomic E-state index is 0.0629. The lowest BCUT2D eigenvalue weighted by Crippen LogP contribution is -2.49. The number of rotatable bonds is 7. The molecule has 3 aliphatic rings. The summed E-state index contributed by atoms with van der Waals surface area (Å²) in [7, 11) is -3.61. The van der Waals surface area contributed by atoms with Gasteiger partial charge in [-0.3, -0.25) is 9.59 Å². The molecule has 2 N–H and O–H groups in total. The van der Waals surface area contributed by atoms with E-state index in [1.54, 1.807) is 24.4 Å². The Morgan fingerprint density at radius 2 is 2.16 bits per heavy atom. The molecule has 1 spiro atoms. The summed E-state index contributed by atoms with van der Waals surface area (Å²) in [6.07, 6.45) is 4.12. The number of ether oxygens (including phenoxy) is 1. The van der Waals surface area contributed by atoms with Crippen molar-refractivity contribution in [3.63, 3.8) is 0 Å². The predicted octanol–water partition coefficient (Wildman–Crippen LogP) is 2.55. The van der Waals surface area contributed by atoms with Crippen LogP contribution in [-0.2, 0) is 33.0 Å². The fourth-order valence-corrected chi connectivity index (χ4v) is 5.71. The smallest absolute Gasteiger partial charge is 0.272 e. The first-order valence-electron chi connectivity index (χ1n) is 12.2. The monoisotopic (exact) mass is 547 g/mol. The Labute approximate surface area is 218 Å². The van der Waals surface area contributed by atoms with Gasteiger partial charge < -0.3 is 15.4 Å². The number of alkyl halides is 2. The number of carbonyl (C=O) groups excluding carboxylic acids is 2. The van der Waals surface area contributed by atoms with Crippen LogP contribution in [0.25, 0.3) is 5.82 Å². The highest BCUT2D eigenvalue weighted by Crippen LogP contribution is 2.44. The zero-order valence-electron chi connectivity index (χ0n) is 20.8. The molecule has 5 rings (SSSR count). The number of hydrogen-bond acceptors (Lipinski definition) is 7. The molecule has 202 valence electrons. The molecule has 2 aliphatic heterocycles. The van der Waals surface area contributed by atoms with Gasteiger partial charge in [0.05, 0.1) is 11.2 Å². The number of aliphatic imine (C=N–C) groups is 1. The molecule has 2 amide bonds. The molecule has 2 aromatic rings. The second-order valence-electron chi connectivity index (χ2n) is 9.99. The van der Waals surface area contributed by atoms with Crippen LogP contribution in [0.15, 0.2) is 29.3 Å². The first kappa shape index (κ1) is 26.0. The van der Waals surface area contributed by atoms with E-state index in [2.05, 4.69) is 20.7 Å². The second-order valence-corrected chi connectivity index (χ2v) is 12.1. The first-order chi connectivity index (χ1) is 17.9. The van der Waals surface area contributed by atoms with Gasteiger partial charge in [-0.05, 0) is 54.5 Å². The normalized spacial score (nSPS) is 22.2. The standard InChI is InChI=1S/C25H27F2N5O5S/c1-14-3-6-20(28-11-14)32-23(29-21(33)13-38(2,35)36)22-18(31-32)10-25(30-24(22)34)8-7-15-9-16(4-5-17(15)25)37-12-19(26)27/h4-6,9,11,14,19H,3,7-8,10,12-13H2,1-2H3,(H,29,33)(H,30,34)/t14?,25-/m0/s1. The van der Waals surface area contributed by atoms with Crippen LogP contribution in [0, 0.1) is 5.92 Å². The number of sulfone groups is 1. The molecule has 2 atom stereocenters. The molecule has 3 heterocycles. The van der Waals surface area contributed by atoms with E-state index >= 15 is 0 Å². The molecule has 1 unspecified atom stereocenters. The number of aromatic nitrogens is 2. The number of nitrogens with zero attached hydrogens (tertiary/aromatic N) is 3. The summed E-state index contributed by atoms with van der Waals surface area (Å²) in [5.74, 6) is -0.979. The molecule has 10 nitrogen and oxygen atoms in total. The fraction of sp³-hybridized carbons (Fsp3) is 0.440. The van der Waals surface area contributed by atoms with Crippen LogP contribution in [0.1, 0.15) is 46.9 Å². The maximum atomic E-state index is 13.5. The van der Waals surface area contributed by atoms with Crippen LogP contribution in [0.2, 0.25) is 0 Å². The molecule has 0 saturated carbocycles. The summed E-state index contributed by atoms with van der Waals surface area (Å²) in [4.78, 5) is 30.5. The van der Waals surface area contributed by atoms with Crippen LogP contribution in [0.5, 0.6) is 5.75 Å². The van der Waals surface area contributed by atoms with E-state index in [0.717, 1.165) is 17.4 Å². The van der Waals surface area contributed by atoms with Gasteiger partial charge in [-0.1, -0.05) is 13.0 Å². The fourth-order valence-electron chi connectivity index (χ4n) is 5.16. The number of fused-ring (bicyclic) bond motifs is 3. The lowest BCUT2D eigenvalue weighted by atomic mass is 9.82. The van der Waals surface area contributed by atoms with Gasteiger partial charge in [-0.25, -0.2) is 22.2 Å². The Kier molecular flexibility index (Phi) is 6.58. The number of benzene rings is 1. The number of aryl methyl sites for hydroxylation is 1. The van der Waals surface area contributed by atoms with E-state index in [4.69, 9.17) is 4.74 Å². The molecular weight excluding hydrogens is 520 g/mol. The van der Waals surface area contributed by atoms with Crippen molar-refractivity contribution in [1.29, 1.82) is 0 Å². The minimum Gasteiger partial charge on any atom is -0.488 e. The van der Waals surface area contributed by atoms with Crippen LogP contribution in [-0.4, -0.2) is 61.3 Å². The van der Waals surface area contributed by atoms with Crippen molar-refractivity contribution in [3.8, 4) is 5.75 Å². The maximum absolute atomic E-state index is 13.5. The molecule has 1 aliphatic carbocycles. The molecule has 38 heavy (non-hydrogen) atoms. The van der Waals surface area contributed by atoms with Crippen molar-refractivity contribution in [2.45, 2.75) is 44.6 Å². The lowest BCUT2D eigenvalue weighted by molar-refractivity contribution is -0.113. The van der Waals surface area contributed by atoms with E-state index in [1.165, 1.54) is 4.68 Å². The van der Waals surface area contributed by atoms with Gasteiger partial charge in [0.25, 0.3) is 12.3 Å². The summed E-state index contributed by atoms with van der Waals surface area (Å²) < 4.78 is 55.0. The molecule has 1 aromatic heterocycles. The van der Waals surface area contributed by atoms with Crippen molar-refractivity contribution in [1.82, 2.24) is 15.1 Å². The Morgan fingerprint density at radius 1 is 1.37 bits per heavy atom. The largest absolute Gasteiger partial charge is 0.488 e. The molecule has 13 heteroatoms. The number of allylic oxidation sites excluding steroid dienone is 1. The van der Waals surface area contributed by atoms with Crippen molar-refractivity contribution in [2.24, 2.45) is 10.9 Å².